The van der Waals surface area contributed by atoms with Crippen LogP contribution in [0.5, 0.6) is 5.75 Å². The summed E-state index contributed by atoms with van der Waals surface area (Å²) in [4.78, 5) is 1.51. The maximum absolute atomic E-state index is 5.48. The zero-order valence-corrected chi connectivity index (χ0v) is 13.9. The molecule has 98 valence electrons. The maximum Gasteiger partial charge on any atom is 0.123 e. The van der Waals surface area contributed by atoms with Gasteiger partial charge >= 0.3 is 0 Å². The molecule has 0 bridgehead atoms. The Kier molecular flexibility index (Phi) is 3.65. The van der Waals surface area contributed by atoms with Crippen LogP contribution in [0, 0.1) is 6.92 Å². The van der Waals surface area contributed by atoms with Gasteiger partial charge in [0, 0.05) is 19.8 Å². The molecule has 2 heterocycles. The van der Waals surface area contributed by atoms with Crippen LogP contribution in [0.3, 0.4) is 0 Å². The van der Waals surface area contributed by atoms with Crippen molar-refractivity contribution in [3.8, 4) is 5.75 Å². The molecule has 3 rings (SSSR count). The molecule has 0 saturated heterocycles. The topological polar surface area (TPSA) is 9.23 Å². The number of halogens is 1. The summed E-state index contributed by atoms with van der Waals surface area (Å²) < 4.78 is 8.19. The molecule has 0 N–H and O–H groups in total. The number of ether oxygens (including phenoxy) is 1. The van der Waals surface area contributed by atoms with Crippen molar-refractivity contribution in [3.63, 3.8) is 0 Å². The molecule has 0 aliphatic rings. The van der Waals surface area contributed by atoms with Gasteiger partial charge in [-0.25, -0.2) is 0 Å². The van der Waals surface area contributed by atoms with Crippen molar-refractivity contribution in [3.05, 3.63) is 51.7 Å². The van der Waals surface area contributed by atoms with Gasteiger partial charge in [0.1, 0.15) is 5.75 Å². The molecule has 0 fully saturated rings. The lowest BCUT2D eigenvalue weighted by Crippen LogP contribution is -1.96. The Morgan fingerprint density at radius 1 is 1.16 bits per heavy atom. The van der Waals surface area contributed by atoms with Crippen molar-refractivity contribution >= 4 is 48.0 Å². The van der Waals surface area contributed by atoms with E-state index in [4.69, 9.17) is 4.74 Å². The van der Waals surface area contributed by atoms with Crippen molar-refractivity contribution in [2.24, 2.45) is 0 Å². The van der Waals surface area contributed by atoms with E-state index in [1.807, 2.05) is 17.4 Å². The van der Waals surface area contributed by atoms with Crippen molar-refractivity contribution in [2.75, 3.05) is 7.11 Å². The molecule has 1 atom stereocenters. The first-order valence-corrected chi connectivity index (χ1v) is 8.56. The van der Waals surface area contributed by atoms with Crippen LogP contribution >= 0.6 is 38.6 Å². The van der Waals surface area contributed by atoms with Crippen molar-refractivity contribution in [2.45, 2.75) is 11.8 Å². The van der Waals surface area contributed by atoms with Crippen LogP contribution < -0.4 is 4.74 Å². The van der Waals surface area contributed by atoms with E-state index in [9.17, 15) is 0 Å². The van der Waals surface area contributed by atoms with Crippen molar-refractivity contribution in [1.82, 2.24) is 0 Å². The van der Waals surface area contributed by atoms with Gasteiger partial charge in [-0.3, -0.25) is 0 Å². The Labute approximate surface area is 129 Å². The fourth-order valence-corrected chi connectivity index (χ4v) is 5.00. The molecule has 0 spiro atoms. The second-order valence-electron chi connectivity index (χ2n) is 4.41. The second kappa shape index (κ2) is 5.27. The first-order chi connectivity index (χ1) is 9.19. The summed E-state index contributed by atoms with van der Waals surface area (Å²) in [6, 6.07) is 10.8. The highest BCUT2D eigenvalue weighted by Crippen LogP contribution is 2.42. The molecule has 0 radical (unpaired) electrons. The van der Waals surface area contributed by atoms with Gasteiger partial charge < -0.3 is 4.74 Å². The first kappa shape index (κ1) is 13.2. The number of fused-ring (bicyclic) bond motifs is 1. The molecule has 1 aromatic carbocycles. The highest BCUT2D eigenvalue weighted by atomic mass is 79.9. The number of thiophene rings is 2. The lowest BCUT2D eigenvalue weighted by atomic mass is 10.1. The maximum atomic E-state index is 5.48. The second-order valence-corrected chi connectivity index (χ2v) is 7.38. The molecule has 3 aromatic rings. The largest absolute Gasteiger partial charge is 0.496 e. The molecule has 2 aromatic heterocycles. The predicted molar refractivity (Wildman–Crippen MR) is 88.2 cm³/mol. The van der Waals surface area contributed by atoms with E-state index in [0.717, 1.165) is 5.75 Å². The molecular formula is C15H13BrOS2. The first-order valence-electron chi connectivity index (χ1n) is 5.94. The van der Waals surface area contributed by atoms with Gasteiger partial charge in [-0.15, -0.1) is 22.7 Å². The quantitative estimate of drug-likeness (QED) is 0.544. The summed E-state index contributed by atoms with van der Waals surface area (Å²) in [5.74, 6) is 0.934. The van der Waals surface area contributed by atoms with Crippen molar-refractivity contribution in [1.29, 1.82) is 0 Å². The number of rotatable bonds is 3. The van der Waals surface area contributed by atoms with E-state index in [2.05, 4.69) is 52.5 Å². The Morgan fingerprint density at radius 2 is 2.00 bits per heavy atom. The van der Waals surface area contributed by atoms with Gasteiger partial charge in [0.25, 0.3) is 0 Å². The minimum absolute atomic E-state index is 0.187. The lowest BCUT2D eigenvalue weighted by molar-refractivity contribution is 0.410. The van der Waals surface area contributed by atoms with E-state index < -0.39 is 0 Å². The van der Waals surface area contributed by atoms with E-state index in [1.165, 1.54) is 25.4 Å². The number of methoxy groups -OCH3 is 1. The number of alkyl halides is 1. The van der Waals surface area contributed by atoms with E-state index in [0.29, 0.717) is 0 Å². The summed E-state index contributed by atoms with van der Waals surface area (Å²) in [5, 5.41) is 2.14. The smallest absolute Gasteiger partial charge is 0.123 e. The molecule has 0 aliphatic heterocycles. The number of aryl methyl sites for hydroxylation is 1. The Morgan fingerprint density at radius 3 is 2.74 bits per heavy atom. The van der Waals surface area contributed by atoms with Gasteiger partial charge in [-0.05, 0) is 30.5 Å². The summed E-state index contributed by atoms with van der Waals surface area (Å²) in [6.07, 6.45) is 0. The molecule has 0 saturated carbocycles. The van der Waals surface area contributed by atoms with E-state index >= 15 is 0 Å². The average Bonchev–Trinajstić information content (AvgIpc) is 2.98. The molecule has 1 nitrogen and oxygen atoms in total. The van der Waals surface area contributed by atoms with E-state index in [1.54, 1.807) is 18.4 Å². The van der Waals surface area contributed by atoms with Crippen LogP contribution in [0.4, 0.5) is 0 Å². The number of hydrogen-bond acceptors (Lipinski definition) is 3. The molecule has 4 heteroatoms. The van der Waals surface area contributed by atoms with Gasteiger partial charge in [-0.1, -0.05) is 33.6 Å². The fourth-order valence-electron chi connectivity index (χ4n) is 2.11. The summed E-state index contributed by atoms with van der Waals surface area (Å²) >= 11 is 7.45. The van der Waals surface area contributed by atoms with Gasteiger partial charge in [-0.2, -0.15) is 0 Å². The van der Waals surface area contributed by atoms with Gasteiger partial charge in [0.2, 0.25) is 0 Å². The third-order valence-corrected chi connectivity index (χ3v) is 6.51. The third kappa shape index (κ3) is 2.45. The minimum atomic E-state index is 0.187. The highest BCUT2D eigenvalue weighted by molar-refractivity contribution is 9.09. The van der Waals surface area contributed by atoms with Crippen LogP contribution in [-0.4, -0.2) is 7.11 Å². The fraction of sp³-hybridized carbons (Fsp3) is 0.200. The number of hydrogen-bond donors (Lipinski definition) is 0. The molecular weight excluding hydrogens is 340 g/mol. The minimum Gasteiger partial charge on any atom is -0.496 e. The van der Waals surface area contributed by atoms with E-state index in [-0.39, 0.29) is 4.83 Å². The molecule has 1 unspecified atom stereocenters. The van der Waals surface area contributed by atoms with Crippen LogP contribution in [0.25, 0.3) is 9.40 Å². The highest BCUT2D eigenvalue weighted by Gasteiger charge is 2.18. The Balaban J connectivity index is 2.05. The normalized spacial score (nSPS) is 12.8. The Hall–Kier alpha value is -0.840. The van der Waals surface area contributed by atoms with Crippen molar-refractivity contribution < 1.29 is 4.74 Å². The monoisotopic (exact) mass is 352 g/mol. The average molecular weight is 353 g/mol. The standard InChI is InChI=1S/C15H13BrOS2/c1-9-3-4-11(17-2)10(7-9)15(16)14-8-13-12(19-14)5-6-18-13/h3-8,15H,1-2H3. The summed E-state index contributed by atoms with van der Waals surface area (Å²) in [7, 11) is 1.72. The summed E-state index contributed by atoms with van der Waals surface area (Å²) in [5.41, 5.74) is 2.44. The van der Waals surface area contributed by atoms with Gasteiger partial charge in [0.05, 0.1) is 11.9 Å². The zero-order chi connectivity index (χ0) is 13.4. The molecule has 0 aliphatic carbocycles. The predicted octanol–water partition coefficient (Wildman–Crippen LogP) is 5.76. The summed E-state index contributed by atoms with van der Waals surface area (Å²) in [6.45, 7) is 2.11. The number of benzene rings is 1. The lowest BCUT2D eigenvalue weighted by Gasteiger charge is -2.13. The Bertz CT molecular complexity index is 685. The SMILES string of the molecule is COc1ccc(C)cc1C(Br)c1cc2sccc2s1. The van der Waals surface area contributed by atoms with Crippen LogP contribution in [0.15, 0.2) is 35.7 Å². The zero-order valence-electron chi connectivity index (χ0n) is 10.6. The van der Waals surface area contributed by atoms with Crippen LogP contribution in [0.1, 0.15) is 20.8 Å². The molecule has 0 amide bonds. The van der Waals surface area contributed by atoms with Crippen LogP contribution in [0.2, 0.25) is 0 Å². The van der Waals surface area contributed by atoms with Gasteiger partial charge in [0.15, 0.2) is 0 Å². The molecule has 19 heavy (non-hydrogen) atoms. The van der Waals surface area contributed by atoms with Crippen LogP contribution in [-0.2, 0) is 0 Å². The third-order valence-electron chi connectivity index (χ3n) is 3.07.